The van der Waals surface area contributed by atoms with Gasteiger partial charge in [0, 0.05) is 45.0 Å². The Morgan fingerprint density at radius 3 is 2.28 bits per heavy atom. The predicted octanol–water partition coefficient (Wildman–Crippen LogP) is 5.32. The summed E-state index contributed by atoms with van der Waals surface area (Å²) < 4.78 is 30.1. The van der Waals surface area contributed by atoms with Crippen molar-refractivity contribution in [2.24, 2.45) is 10.1 Å². The van der Waals surface area contributed by atoms with Crippen LogP contribution in [0.3, 0.4) is 0 Å². The van der Waals surface area contributed by atoms with Crippen LogP contribution in [0.15, 0.2) is 112 Å². The Hall–Kier alpha value is -5.90. The molecule has 2 heterocycles. The Morgan fingerprint density at radius 2 is 1.60 bits per heavy atom. The molecule has 0 fully saturated rings. The van der Waals surface area contributed by atoms with E-state index in [0.717, 1.165) is 22.5 Å². The summed E-state index contributed by atoms with van der Waals surface area (Å²) in [5.74, 6) is 2.28. The number of aliphatic hydroxyl groups is 2. The summed E-state index contributed by atoms with van der Waals surface area (Å²) in [4.78, 5) is 26.5. The Labute approximate surface area is 334 Å². The third kappa shape index (κ3) is 11.1. The van der Waals surface area contributed by atoms with Crippen molar-refractivity contribution < 1.29 is 32.9 Å². The molecule has 3 N–H and O–H groups in total. The molecule has 0 saturated heterocycles. The summed E-state index contributed by atoms with van der Waals surface area (Å²) in [6.45, 7) is 7.80. The van der Waals surface area contributed by atoms with Gasteiger partial charge in [0.2, 0.25) is 16.9 Å². The second-order valence-corrected chi connectivity index (χ2v) is 14.4. The Balaban J connectivity index is 0.964. The van der Waals surface area contributed by atoms with E-state index in [-0.39, 0.29) is 25.7 Å². The first-order chi connectivity index (χ1) is 27.7. The van der Waals surface area contributed by atoms with Gasteiger partial charge in [-0.15, -0.1) is 9.89 Å². The van der Waals surface area contributed by atoms with Crippen LogP contribution in [0.4, 0.5) is 11.4 Å². The van der Waals surface area contributed by atoms with Gasteiger partial charge in [-0.25, -0.2) is 14.2 Å². The number of fused-ring (bicyclic) bond motifs is 1. The first kappa shape index (κ1) is 40.8. The van der Waals surface area contributed by atoms with Crippen LogP contribution in [0.1, 0.15) is 49.5 Å². The highest BCUT2D eigenvalue weighted by molar-refractivity contribution is 7.80. The molecule has 298 valence electrons. The smallest absolute Gasteiger partial charge is 0.260 e. The van der Waals surface area contributed by atoms with Gasteiger partial charge in [0.1, 0.15) is 29.6 Å². The van der Waals surface area contributed by atoms with Crippen LogP contribution in [-0.4, -0.2) is 85.6 Å². The molecule has 1 aliphatic rings. The van der Waals surface area contributed by atoms with Crippen molar-refractivity contribution >= 4 is 39.8 Å². The Bertz CT molecular complexity index is 2180. The highest BCUT2D eigenvalue weighted by Crippen LogP contribution is 2.27. The average Bonchev–Trinajstić information content (AvgIpc) is 3.74. The lowest BCUT2D eigenvalue weighted by Crippen LogP contribution is -2.37. The lowest BCUT2D eigenvalue weighted by atomic mass is 10.1. The molecule has 4 aromatic carbocycles. The normalized spacial score (nSPS) is 13.8. The maximum Gasteiger partial charge on any atom is 0.260 e. The number of hydrogen-bond acceptors (Lipinski definition) is 12. The van der Waals surface area contributed by atoms with E-state index >= 15 is 0 Å². The van der Waals surface area contributed by atoms with Gasteiger partial charge in [-0.05, 0) is 111 Å². The van der Waals surface area contributed by atoms with Gasteiger partial charge in [-0.2, -0.15) is 5.10 Å². The summed E-state index contributed by atoms with van der Waals surface area (Å²) >= 11 is -1.76. The van der Waals surface area contributed by atoms with Gasteiger partial charge < -0.3 is 34.1 Å². The minimum Gasteiger partial charge on any atom is -0.489 e. The highest BCUT2D eigenvalue weighted by atomic mass is 32.2. The van der Waals surface area contributed by atoms with Crippen molar-refractivity contribution in [3.63, 3.8) is 0 Å². The summed E-state index contributed by atoms with van der Waals surface area (Å²) in [5, 5.41) is 30.5. The summed E-state index contributed by atoms with van der Waals surface area (Å²) in [7, 11) is 0. The molecule has 1 aromatic heterocycles. The zero-order chi connectivity index (χ0) is 40.1. The number of aromatic nitrogens is 3. The summed E-state index contributed by atoms with van der Waals surface area (Å²) in [6, 6.07) is 29.3. The molecular formula is C42H47N7O7S. The zero-order valence-electron chi connectivity index (χ0n) is 32.2. The van der Waals surface area contributed by atoms with Gasteiger partial charge in [-0.1, -0.05) is 30.3 Å². The number of rotatable bonds is 20. The molecule has 1 amide bonds. The maximum atomic E-state index is 12.9. The van der Waals surface area contributed by atoms with Gasteiger partial charge in [-0.3, -0.25) is 4.79 Å². The fourth-order valence-corrected chi connectivity index (χ4v) is 6.66. The van der Waals surface area contributed by atoms with E-state index in [0.29, 0.717) is 84.2 Å². The molecule has 57 heavy (non-hydrogen) atoms. The Morgan fingerprint density at radius 1 is 0.912 bits per heavy atom. The van der Waals surface area contributed by atoms with E-state index < -0.39 is 17.2 Å². The average molecular weight is 794 g/mol. The quantitative estimate of drug-likeness (QED) is 0.0936. The monoisotopic (exact) mass is 793 g/mol. The molecule has 2 atom stereocenters. The van der Waals surface area contributed by atoms with Crippen LogP contribution >= 0.6 is 0 Å². The molecule has 0 radical (unpaired) electrons. The number of aryl methyl sites for hydroxylation is 1. The van der Waals surface area contributed by atoms with Crippen LogP contribution < -0.4 is 23.9 Å². The third-order valence-corrected chi connectivity index (χ3v) is 9.97. The molecule has 0 saturated carbocycles. The van der Waals surface area contributed by atoms with E-state index in [1.54, 1.807) is 55.5 Å². The number of aliphatic hydroxyl groups excluding tert-OH is 2. The number of nitrogens with zero attached hydrogens (tertiary/aromatic N) is 6. The number of anilines is 1. The number of hydrogen-bond donors (Lipinski definition) is 3. The summed E-state index contributed by atoms with van der Waals surface area (Å²) in [5.41, 5.74) is 5.11. The minimum atomic E-state index is -1.76. The van der Waals surface area contributed by atoms with E-state index in [1.165, 1.54) is 4.79 Å². The Kier molecular flexibility index (Phi) is 14.2. The molecule has 2 unspecified atom stereocenters. The van der Waals surface area contributed by atoms with Crippen LogP contribution in [0.2, 0.25) is 0 Å². The van der Waals surface area contributed by atoms with Crippen molar-refractivity contribution in [2.75, 3.05) is 37.7 Å². The predicted molar refractivity (Wildman–Crippen MR) is 219 cm³/mol. The number of benzene rings is 4. The summed E-state index contributed by atoms with van der Waals surface area (Å²) in [6.07, 6.45) is 0.854. The van der Waals surface area contributed by atoms with Gasteiger partial charge in [0.05, 0.1) is 16.3 Å². The number of ether oxygens (including phenoxy) is 2. The molecule has 0 spiro atoms. The third-order valence-electron chi connectivity index (χ3n) is 8.97. The molecule has 6 rings (SSSR count). The largest absolute Gasteiger partial charge is 0.489 e. The molecule has 0 bridgehead atoms. The number of amides is 1. The van der Waals surface area contributed by atoms with Crippen molar-refractivity contribution in [2.45, 2.75) is 57.6 Å². The first-order valence-corrected chi connectivity index (χ1v) is 19.9. The molecule has 1 aliphatic heterocycles. The fraction of sp³-hybridized carbons (Fsp3) is 0.310. The number of aliphatic imine (C=N–C) groups is 1. The number of carbonyl (C=O) groups excluding carboxylic acids is 1. The minimum absolute atomic E-state index is 0.102. The van der Waals surface area contributed by atoms with Crippen LogP contribution in [0, 0.1) is 6.92 Å². The van der Waals surface area contributed by atoms with Gasteiger partial charge in [0.25, 0.3) is 5.91 Å². The van der Waals surface area contributed by atoms with Crippen molar-refractivity contribution in [3.05, 3.63) is 120 Å². The van der Waals surface area contributed by atoms with E-state index in [4.69, 9.17) is 18.6 Å². The maximum absolute atomic E-state index is 12.9. The molecular weight excluding hydrogens is 747 g/mol. The van der Waals surface area contributed by atoms with Crippen LogP contribution in [-0.2, 0) is 28.9 Å². The SMILES string of the molecule is CC1=Nn2nc(CCNC(=O)C(C)Oc3ccc(S(=O)Oc4ccc(OCc5ccccc5)cc4)cc3)nc2C1=Nc1ccc(N(CCCO)CCCO)cc1C. The van der Waals surface area contributed by atoms with E-state index in [2.05, 4.69) is 31.5 Å². The molecule has 0 aliphatic carbocycles. The standard InChI is InChI=1S/C42H47N7O7S/c1-29-27-33(48(23-7-25-50)24-8-26-51)11-20-38(29)44-40-30(2)46-49-41(40)45-39(47-49)21-22-43-42(52)31(3)55-35-16-18-37(19-17-35)57(53)56-36-14-12-34(13-15-36)54-28-32-9-5-4-6-10-32/h4-6,9-20,27,31,50-51H,7-8,21-26,28H2,1-3H3,(H,43,52). The highest BCUT2D eigenvalue weighted by Gasteiger charge is 2.25. The van der Waals surface area contributed by atoms with E-state index in [9.17, 15) is 19.2 Å². The second kappa shape index (κ2) is 19.8. The molecule has 5 aromatic rings. The molecule has 15 heteroatoms. The number of nitrogens with one attached hydrogen (secondary N) is 1. The van der Waals surface area contributed by atoms with Crippen molar-refractivity contribution in [3.8, 4) is 17.2 Å². The fourth-order valence-electron chi connectivity index (χ4n) is 5.92. The van der Waals surface area contributed by atoms with Crippen molar-refractivity contribution in [1.82, 2.24) is 20.2 Å². The van der Waals surface area contributed by atoms with Crippen LogP contribution in [0.25, 0.3) is 0 Å². The topological polar surface area (TPSA) is 173 Å². The first-order valence-electron chi connectivity index (χ1n) is 18.8. The molecule has 14 nitrogen and oxygen atoms in total. The van der Waals surface area contributed by atoms with Gasteiger partial charge >= 0.3 is 0 Å². The number of carbonyl (C=O) groups is 1. The van der Waals surface area contributed by atoms with Crippen LogP contribution in [0.5, 0.6) is 17.2 Å². The lowest BCUT2D eigenvalue weighted by molar-refractivity contribution is -0.127. The second-order valence-electron chi connectivity index (χ2n) is 13.3. The zero-order valence-corrected chi connectivity index (χ0v) is 33.0. The van der Waals surface area contributed by atoms with Crippen molar-refractivity contribution in [1.29, 1.82) is 0 Å². The van der Waals surface area contributed by atoms with E-state index in [1.807, 2.05) is 56.3 Å². The van der Waals surface area contributed by atoms with Gasteiger partial charge in [0.15, 0.2) is 11.9 Å². The lowest BCUT2D eigenvalue weighted by Gasteiger charge is -2.25.